The van der Waals surface area contributed by atoms with Crippen molar-refractivity contribution in [2.24, 2.45) is 0 Å². The highest BCUT2D eigenvalue weighted by atomic mass is 16.2. The van der Waals surface area contributed by atoms with Crippen LogP contribution in [0.1, 0.15) is 65.9 Å². The van der Waals surface area contributed by atoms with Crippen LogP contribution in [0.5, 0.6) is 0 Å². The van der Waals surface area contributed by atoms with Gasteiger partial charge in [-0.25, -0.2) is 4.98 Å². The van der Waals surface area contributed by atoms with Crippen LogP contribution >= 0.6 is 0 Å². The molecule has 0 atom stereocenters. The monoisotopic (exact) mass is 315 g/mol. The predicted octanol–water partition coefficient (Wildman–Crippen LogP) is 2.72. The first-order chi connectivity index (χ1) is 11.3. The molecule has 2 amide bonds. The third kappa shape index (κ3) is 3.89. The lowest BCUT2D eigenvalue weighted by atomic mass is 10.1. The molecule has 0 spiro atoms. The summed E-state index contributed by atoms with van der Waals surface area (Å²) in [5.74, 6) is -0.0876. The first-order valence-corrected chi connectivity index (χ1v) is 8.81. The molecule has 0 unspecified atom stereocenters. The average molecular weight is 315 g/mol. The fourth-order valence-corrected chi connectivity index (χ4v) is 3.37. The van der Waals surface area contributed by atoms with E-state index in [1.54, 1.807) is 18.2 Å². The number of hydrogen-bond acceptors (Lipinski definition) is 3. The fourth-order valence-electron chi connectivity index (χ4n) is 3.37. The van der Waals surface area contributed by atoms with E-state index in [1.807, 2.05) is 9.80 Å². The highest BCUT2D eigenvalue weighted by molar-refractivity contribution is 5.96. The standard InChI is InChI=1S/C18H25N3O2/c22-17(20-11-4-1-2-5-12-20)15-9-8-10-16(19-15)18(23)21-13-6-3-7-14-21/h8-10H,1-7,11-14H2. The van der Waals surface area contributed by atoms with E-state index >= 15 is 0 Å². The van der Waals surface area contributed by atoms with Crippen LogP contribution in [-0.2, 0) is 0 Å². The Morgan fingerprint density at radius 1 is 0.696 bits per heavy atom. The second kappa shape index (κ2) is 7.57. The lowest BCUT2D eigenvalue weighted by Gasteiger charge is -2.26. The van der Waals surface area contributed by atoms with Crippen molar-refractivity contribution in [2.45, 2.75) is 44.9 Å². The Hall–Kier alpha value is -1.91. The average Bonchev–Trinajstić information content (AvgIpc) is 2.91. The van der Waals surface area contributed by atoms with Crippen LogP contribution in [0.3, 0.4) is 0 Å². The number of amides is 2. The minimum absolute atomic E-state index is 0.0415. The molecule has 5 heteroatoms. The lowest BCUT2D eigenvalue weighted by Crippen LogP contribution is -2.37. The van der Waals surface area contributed by atoms with E-state index in [-0.39, 0.29) is 11.8 Å². The van der Waals surface area contributed by atoms with Gasteiger partial charge in [-0.1, -0.05) is 18.9 Å². The number of rotatable bonds is 2. The third-order valence-electron chi connectivity index (χ3n) is 4.72. The van der Waals surface area contributed by atoms with Crippen LogP contribution in [0.4, 0.5) is 0 Å². The summed E-state index contributed by atoms with van der Waals surface area (Å²) in [4.78, 5) is 33.3. The largest absolute Gasteiger partial charge is 0.337 e. The molecule has 0 N–H and O–H groups in total. The molecular weight excluding hydrogens is 290 g/mol. The van der Waals surface area contributed by atoms with Gasteiger partial charge in [-0.15, -0.1) is 0 Å². The van der Waals surface area contributed by atoms with Gasteiger partial charge in [-0.2, -0.15) is 0 Å². The fraction of sp³-hybridized carbons (Fsp3) is 0.611. The van der Waals surface area contributed by atoms with Gasteiger partial charge in [0.2, 0.25) is 0 Å². The van der Waals surface area contributed by atoms with Gasteiger partial charge in [0.25, 0.3) is 11.8 Å². The Morgan fingerprint density at radius 2 is 1.09 bits per heavy atom. The molecule has 0 bridgehead atoms. The quantitative estimate of drug-likeness (QED) is 0.843. The van der Waals surface area contributed by atoms with Crippen LogP contribution in [0.15, 0.2) is 18.2 Å². The summed E-state index contributed by atoms with van der Waals surface area (Å²) >= 11 is 0. The zero-order valence-corrected chi connectivity index (χ0v) is 13.7. The molecule has 23 heavy (non-hydrogen) atoms. The first kappa shape index (κ1) is 16.0. The molecule has 1 aromatic rings. The molecule has 2 aliphatic heterocycles. The van der Waals surface area contributed by atoms with E-state index in [0.717, 1.165) is 51.9 Å². The molecule has 124 valence electrons. The van der Waals surface area contributed by atoms with Crippen molar-refractivity contribution in [2.75, 3.05) is 26.2 Å². The summed E-state index contributed by atoms with van der Waals surface area (Å²) < 4.78 is 0. The Balaban J connectivity index is 1.73. The number of aromatic nitrogens is 1. The Kier molecular flexibility index (Phi) is 5.26. The molecular formula is C18H25N3O2. The van der Waals surface area contributed by atoms with Crippen LogP contribution < -0.4 is 0 Å². The third-order valence-corrected chi connectivity index (χ3v) is 4.72. The number of likely N-dealkylation sites (tertiary alicyclic amines) is 2. The van der Waals surface area contributed by atoms with E-state index in [0.29, 0.717) is 11.4 Å². The number of hydrogen-bond donors (Lipinski definition) is 0. The molecule has 0 aromatic carbocycles. The second-order valence-electron chi connectivity index (χ2n) is 6.47. The molecule has 2 aliphatic rings. The van der Waals surface area contributed by atoms with E-state index < -0.39 is 0 Å². The maximum Gasteiger partial charge on any atom is 0.272 e. The maximum atomic E-state index is 12.6. The van der Waals surface area contributed by atoms with Crippen LogP contribution in [0.2, 0.25) is 0 Å². The second-order valence-corrected chi connectivity index (χ2v) is 6.47. The van der Waals surface area contributed by atoms with Gasteiger partial charge in [-0.3, -0.25) is 9.59 Å². The van der Waals surface area contributed by atoms with E-state index in [1.165, 1.54) is 19.3 Å². The van der Waals surface area contributed by atoms with Gasteiger partial charge < -0.3 is 9.80 Å². The van der Waals surface area contributed by atoms with Crippen molar-refractivity contribution >= 4 is 11.8 Å². The van der Waals surface area contributed by atoms with Gasteiger partial charge in [0.1, 0.15) is 11.4 Å². The van der Waals surface area contributed by atoms with E-state index in [2.05, 4.69) is 4.98 Å². The normalized spacial score (nSPS) is 19.3. The summed E-state index contributed by atoms with van der Waals surface area (Å²) in [6, 6.07) is 5.21. The van der Waals surface area contributed by atoms with Gasteiger partial charge in [0.15, 0.2) is 0 Å². The van der Waals surface area contributed by atoms with Crippen molar-refractivity contribution in [3.63, 3.8) is 0 Å². The van der Waals surface area contributed by atoms with Gasteiger partial charge in [-0.05, 0) is 44.2 Å². The molecule has 5 nitrogen and oxygen atoms in total. The van der Waals surface area contributed by atoms with Gasteiger partial charge in [0, 0.05) is 26.2 Å². The lowest BCUT2D eigenvalue weighted by molar-refractivity contribution is 0.0717. The van der Waals surface area contributed by atoms with Crippen molar-refractivity contribution in [3.05, 3.63) is 29.6 Å². The van der Waals surface area contributed by atoms with Crippen LogP contribution in [-0.4, -0.2) is 52.8 Å². The molecule has 2 fully saturated rings. The van der Waals surface area contributed by atoms with Gasteiger partial charge >= 0.3 is 0 Å². The zero-order chi connectivity index (χ0) is 16.1. The smallest absolute Gasteiger partial charge is 0.272 e. The summed E-state index contributed by atoms with van der Waals surface area (Å²) in [6.07, 6.45) is 7.77. The number of pyridine rings is 1. The molecule has 2 saturated heterocycles. The molecule has 0 saturated carbocycles. The van der Waals surface area contributed by atoms with Crippen molar-refractivity contribution in [1.29, 1.82) is 0 Å². The summed E-state index contributed by atoms with van der Waals surface area (Å²) in [7, 11) is 0. The number of carbonyl (C=O) groups is 2. The number of carbonyl (C=O) groups excluding carboxylic acids is 2. The van der Waals surface area contributed by atoms with Crippen LogP contribution in [0, 0.1) is 0 Å². The molecule has 0 radical (unpaired) electrons. The van der Waals surface area contributed by atoms with Gasteiger partial charge in [0.05, 0.1) is 0 Å². The zero-order valence-electron chi connectivity index (χ0n) is 13.7. The molecule has 3 heterocycles. The molecule has 3 rings (SSSR count). The van der Waals surface area contributed by atoms with Crippen molar-refractivity contribution in [3.8, 4) is 0 Å². The van der Waals surface area contributed by atoms with Crippen molar-refractivity contribution in [1.82, 2.24) is 14.8 Å². The minimum atomic E-state index is -0.0461. The number of nitrogens with zero attached hydrogens (tertiary/aromatic N) is 3. The molecule has 0 aliphatic carbocycles. The first-order valence-electron chi connectivity index (χ1n) is 8.81. The highest BCUT2D eigenvalue weighted by Gasteiger charge is 2.22. The SMILES string of the molecule is O=C(c1cccc(C(=O)N2CCCCC2)n1)N1CCCCCC1. The summed E-state index contributed by atoms with van der Waals surface area (Å²) in [5, 5.41) is 0. The number of piperidine rings is 1. The highest BCUT2D eigenvalue weighted by Crippen LogP contribution is 2.15. The van der Waals surface area contributed by atoms with E-state index in [9.17, 15) is 9.59 Å². The maximum absolute atomic E-state index is 12.6. The Labute approximate surface area is 137 Å². The van der Waals surface area contributed by atoms with Crippen molar-refractivity contribution < 1.29 is 9.59 Å². The Bertz CT molecular complexity index is 559. The predicted molar refractivity (Wildman–Crippen MR) is 88.4 cm³/mol. The topological polar surface area (TPSA) is 53.5 Å². The molecule has 1 aromatic heterocycles. The summed E-state index contributed by atoms with van der Waals surface area (Å²) in [6.45, 7) is 3.19. The minimum Gasteiger partial charge on any atom is -0.337 e. The van der Waals surface area contributed by atoms with E-state index in [4.69, 9.17) is 0 Å². The summed E-state index contributed by atoms with van der Waals surface area (Å²) in [5.41, 5.74) is 0.794. The van der Waals surface area contributed by atoms with Crippen LogP contribution in [0.25, 0.3) is 0 Å². The Morgan fingerprint density at radius 3 is 1.52 bits per heavy atom.